The number of benzene rings is 3. The van der Waals surface area contributed by atoms with Gasteiger partial charge in [0.05, 0.1) is 40.5 Å². The van der Waals surface area contributed by atoms with Crippen LogP contribution in [0.1, 0.15) is 38.4 Å². The van der Waals surface area contributed by atoms with Gasteiger partial charge in [0, 0.05) is 40.3 Å². The summed E-state index contributed by atoms with van der Waals surface area (Å²) in [4.78, 5) is 29.6. The molecule has 0 bridgehead atoms. The first-order valence-corrected chi connectivity index (χ1v) is 15.1. The fourth-order valence-electron chi connectivity index (χ4n) is 5.69. The smallest absolute Gasteiger partial charge is 0.261 e. The number of hydrogen-bond acceptors (Lipinski definition) is 4. The molecule has 10 heteroatoms. The lowest BCUT2D eigenvalue weighted by atomic mass is 10.0. The van der Waals surface area contributed by atoms with Gasteiger partial charge in [0.25, 0.3) is 11.5 Å². The van der Waals surface area contributed by atoms with E-state index in [-0.39, 0.29) is 18.0 Å². The monoisotopic (exact) mass is 652 g/mol. The molecule has 0 unspecified atom stereocenters. The van der Waals surface area contributed by atoms with Crippen LogP contribution in [0.25, 0.3) is 17.0 Å². The Labute approximate surface area is 260 Å². The van der Waals surface area contributed by atoms with Gasteiger partial charge in [-0.05, 0) is 83.4 Å². The molecule has 0 spiro atoms. The van der Waals surface area contributed by atoms with Crippen LogP contribution in [0.4, 0.5) is 0 Å². The van der Waals surface area contributed by atoms with E-state index in [9.17, 15) is 9.59 Å². The summed E-state index contributed by atoms with van der Waals surface area (Å²) >= 11 is 9.68. The summed E-state index contributed by atoms with van der Waals surface area (Å²) in [5.74, 6) is -0.140. The van der Waals surface area contributed by atoms with E-state index in [0.29, 0.717) is 41.2 Å². The molecule has 0 aliphatic carbocycles. The molecule has 7 rings (SSSR count). The third kappa shape index (κ3) is 4.98. The second-order valence-electron chi connectivity index (χ2n) is 10.7. The van der Waals surface area contributed by atoms with Crippen LogP contribution >= 0.6 is 27.5 Å². The number of carbonyl (C=O) groups is 1. The van der Waals surface area contributed by atoms with Gasteiger partial charge < -0.3 is 4.90 Å². The van der Waals surface area contributed by atoms with Crippen molar-refractivity contribution in [1.82, 2.24) is 28.9 Å². The molecule has 6 aromatic rings. The SMILES string of the molecule is Cc1ccn(-c2ccc(-n3c(=O)c4c(n5ncc(Cc6ccccc6)c35)CN(C(=O)c3ccc(Br)c(Cl)c3)CC4)cc2)n1. The van der Waals surface area contributed by atoms with E-state index in [4.69, 9.17) is 16.7 Å². The molecular weight excluding hydrogens is 628 g/mol. The fraction of sp³-hybridized carbons (Fsp3) is 0.152. The van der Waals surface area contributed by atoms with Gasteiger partial charge in [-0.25, -0.2) is 9.20 Å². The summed E-state index contributed by atoms with van der Waals surface area (Å²) in [5, 5.41) is 9.77. The summed E-state index contributed by atoms with van der Waals surface area (Å²) < 4.78 is 6.14. The molecule has 8 nitrogen and oxygen atoms in total. The number of halogens is 2. The average Bonchev–Trinajstić information content (AvgIpc) is 3.65. The molecule has 214 valence electrons. The zero-order valence-electron chi connectivity index (χ0n) is 23.2. The maximum absolute atomic E-state index is 14.3. The molecule has 1 amide bonds. The zero-order chi connectivity index (χ0) is 29.7. The Hall–Kier alpha value is -4.47. The molecule has 0 atom stereocenters. The van der Waals surface area contributed by atoms with Gasteiger partial charge in [-0.15, -0.1) is 0 Å². The van der Waals surface area contributed by atoms with E-state index < -0.39 is 0 Å². The van der Waals surface area contributed by atoms with Gasteiger partial charge in [0.15, 0.2) is 0 Å². The molecule has 0 saturated carbocycles. The Balaban J connectivity index is 1.35. The van der Waals surface area contributed by atoms with Crippen molar-refractivity contribution in [2.24, 2.45) is 0 Å². The van der Waals surface area contributed by atoms with Crippen molar-refractivity contribution in [2.45, 2.75) is 26.3 Å². The van der Waals surface area contributed by atoms with Crippen molar-refractivity contribution in [3.63, 3.8) is 0 Å². The largest absolute Gasteiger partial charge is 0.332 e. The van der Waals surface area contributed by atoms with Gasteiger partial charge in [0.1, 0.15) is 5.65 Å². The third-order valence-electron chi connectivity index (χ3n) is 7.85. The number of hydrogen-bond donors (Lipinski definition) is 0. The number of carbonyl (C=O) groups excluding carboxylic acids is 1. The Morgan fingerprint density at radius 1 is 1.00 bits per heavy atom. The highest BCUT2D eigenvalue weighted by molar-refractivity contribution is 9.10. The summed E-state index contributed by atoms with van der Waals surface area (Å²) in [6, 6.07) is 25.1. The van der Waals surface area contributed by atoms with E-state index in [1.54, 1.807) is 27.7 Å². The highest BCUT2D eigenvalue weighted by Crippen LogP contribution is 2.27. The van der Waals surface area contributed by atoms with Crippen LogP contribution in [0.5, 0.6) is 0 Å². The Bertz CT molecular complexity index is 2060. The maximum atomic E-state index is 14.3. The van der Waals surface area contributed by atoms with Gasteiger partial charge in [0.2, 0.25) is 0 Å². The van der Waals surface area contributed by atoms with Gasteiger partial charge in [-0.1, -0.05) is 41.9 Å². The molecule has 4 heterocycles. The van der Waals surface area contributed by atoms with Crippen LogP contribution < -0.4 is 5.56 Å². The van der Waals surface area contributed by atoms with Crippen LogP contribution in [0.3, 0.4) is 0 Å². The van der Waals surface area contributed by atoms with E-state index >= 15 is 0 Å². The summed E-state index contributed by atoms with van der Waals surface area (Å²) in [7, 11) is 0. The minimum absolute atomic E-state index is 0.0984. The molecule has 3 aromatic carbocycles. The molecule has 0 saturated heterocycles. The Morgan fingerprint density at radius 2 is 1.77 bits per heavy atom. The van der Waals surface area contributed by atoms with Crippen LogP contribution in [0.15, 0.2) is 101 Å². The molecule has 0 N–H and O–H groups in total. The molecule has 1 aliphatic rings. The minimum Gasteiger partial charge on any atom is -0.332 e. The van der Waals surface area contributed by atoms with E-state index in [1.807, 2.05) is 77.0 Å². The predicted molar refractivity (Wildman–Crippen MR) is 169 cm³/mol. The van der Waals surface area contributed by atoms with Crippen molar-refractivity contribution in [2.75, 3.05) is 6.54 Å². The molecule has 1 aliphatic heterocycles. The molecule has 0 radical (unpaired) electrons. The predicted octanol–water partition coefficient (Wildman–Crippen LogP) is 6.18. The first-order chi connectivity index (χ1) is 20.9. The number of aromatic nitrogens is 5. The van der Waals surface area contributed by atoms with Crippen LogP contribution in [-0.4, -0.2) is 41.3 Å². The number of rotatable bonds is 5. The van der Waals surface area contributed by atoms with E-state index in [2.05, 4.69) is 33.2 Å². The van der Waals surface area contributed by atoms with Crippen molar-refractivity contribution in [3.05, 3.63) is 145 Å². The normalized spacial score (nSPS) is 13.0. The molecule has 43 heavy (non-hydrogen) atoms. The fourth-order valence-corrected chi connectivity index (χ4v) is 6.12. The highest BCUT2D eigenvalue weighted by atomic mass is 79.9. The Kier molecular flexibility index (Phi) is 6.99. The average molecular weight is 654 g/mol. The first-order valence-electron chi connectivity index (χ1n) is 13.9. The minimum atomic E-state index is -0.140. The standard InChI is InChI=1S/C33H26BrClN6O2/c1-21-13-16-39(37-21)25-8-10-26(11-9-25)40-31-24(17-22-5-3-2-4-6-22)19-36-41(31)30-20-38(15-14-27(30)33(40)43)32(42)23-7-12-28(34)29(35)18-23/h2-13,16,18-19H,14-15,17,20H2,1H3. The third-order valence-corrected chi connectivity index (χ3v) is 9.08. The molecular formula is C33H26BrClN6O2. The van der Waals surface area contributed by atoms with Crippen LogP contribution in [-0.2, 0) is 19.4 Å². The topological polar surface area (TPSA) is 77.4 Å². The number of aryl methyl sites for hydroxylation is 1. The lowest BCUT2D eigenvalue weighted by molar-refractivity contribution is 0.0729. The zero-order valence-corrected chi connectivity index (χ0v) is 25.6. The number of fused-ring (bicyclic) bond motifs is 3. The van der Waals surface area contributed by atoms with Gasteiger partial charge in [-0.2, -0.15) is 10.2 Å². The second kappa shape index (κ2) is 11.0. The summed E-state index contributed by atoms with van der Waals surface area (Å²) in [6.07, 6.45) is 4.76. The Morgan fingerprint density at radius 3 is 2.49 bits per heavy atom. The van der Waals surface area contributed by atoms with E-state index in [0.717, 1.165) is 38.4 Å². The number of nitrogens with zero attached hydrogens (tertiary/aromatic N) is 6. The van der Waals surface area contributed by atoms with Crippen LogP contribution in [0, 0.1) is 6.92 Å². The molecule has 0 fully saturated rings. The summed E-state index contributed by atoms with van der Waals surface area (Å²) in [5.41, 5.74) is 7.07. The van der Waals surface area contributed by atoms with Crippen molar-refractivity contribution in [1.29, 1.82) is 0 Å². The first kappa shape index (κ1) is 27.4. The van der Waals surface area contributed by atoms with E-state index in [1.165, 1.54) is 0 Å². The van der Waals surface area contributed by atoms with Gasteiger partial charge >= 0.3 is 0 Å². The molecule has 3 aromatic heterocycles. The number of amides is 1. The second-order valence-corrected chi connectivity index (χ2v) is 11.9. The lowest BCUT2D eigenvalue weighted by Gasteiger charge is -2.30. The lowest BCUT2D eigenvalue weighted by Crippen LogP contribution is -2.41. The highest BCUT2D eigenvalue weighted by Gasteiger charge is 2.29. The van der Waals surface area contributed by atoms with Crippen LogP contribution in [0.2, 0.25) is 5.02 Å². The quantitative estimate of drug-likeness (QED) is 0.223. The van der Waals surface area contributed by atoms with Crippen molar-refractivity contribution in [3.8, 4) is 11.4 Å². The maximum Gasteiger partial charge on any atom is 0.261 e. The van der Waals surface area contributed by atoms with Crippen molar-refractivity contribution < 1.29 is 4.79 Å². The van der Waals surface area contributed by atoms with Crippen molar-refractivity contribution >= 4 is 39.1 Å². The summed E-state index contributed by atoms with van der Waals surface area (Å²) in [6.45, 7) is 2.62. The van der Waals surface area contributed by atoms with Gasteiger partial charge in [-0.3, -0.25) is 14.2 Å².